The molecule has 0 amide bonds. The molecule has 0 aromatic carbocycles. The highest BCUT2D eigenvalue weighted by molar-refractivity contribution is 7.13. The topological polar surface area (TPSA) is 56.7 Å². The molecule has 0 spiro atoms. The number of nitrogens with zero attached hydrogens (tertiary/aromatic N) is 4. The summed E-state index contributed by atoms with van der Waals surface area (Å²) < 4.78 is 44.2. The van der Waals surface area contributed by atoms with Gasteiger partial charge in [0.15, 0.2) is 5.69 Å². The van der Waals surface area contributed by atoms with E-state index in [2.05, 4.69) is 15.3 Å². The second-order valence-corrected chi connectivity index (χ2v) is 5.23. The Morgan fingerprint density at radius 3 is 2.71 bits per heavy atom. The van der Waals surface area contributed by atoms with Gasteiger partial charge in [-0.1, -0.05) is 6.07 Å². The van der Waals surface area contributed by atoms with Gasteiger partial charge in [0.25, 0.3) is 5.89 Å². The molecule has 3 aromatic rings. The fourth-order valence-electron chi connectivity index (χ4n) is 1.72. The third-order valence-electron chi connectivity index (χ3n) is 2.83. The lowest BCUT2D eigenvalue weighted by Gasteiger charge is -2.07. The lowest BCUT2D eigenvalue weighted by Crippen LogP contribution is -2.11. The number of hydrogen-bond donors (Lipinski definition) is 0. The zero-order chi connectivity index (χ0) is 15.0. The smallest absolute Gasteiger partial charge is 0.418 e. The Morgan fingerprint density at radius 1 is 1.29 bits per heavy atom. The summed E-state index contributed by atoms with van der Waals surface area (Å²) in [5.41, 5.74) is -0.952. The highest BCUT2D eigenvalue weighted by atomic mass is 32.1. The molecule has 0 saturated carbocycles. The molecule has 0 fully saturated rings. The molecule has 0 saturated heterocycles. The minimum Gasteiger partial charge on any atom is -0.418 e. The van der Waals surface area contributed by atoms with Crippen LogP contribution < -0.4 is 0 Å². The standard InChI is InChI=1S/C12H9F3N4OS/c1-7(19-5-4-9(18-19)12(13,14)15)10-16-17-11(20-10)8-3-2-6-21-8/h2-7H,1H3/t7-/m0/s1. The van der Waals surface area contributed by atoms with Crippen molar-refractivity contribution in [3.8, 4) is 10.8 Å². The molecular weight excluding hydrogens is 305 g/mol. The molecule has 0 bridgehead atoms. The van der Waals surface area contributed by atoms with E-state index in [0.29, 0.717) is 5.89 Å². The summed E-state index contributed by atoms with van der Waals surface area (Å²) in [7, 11) is 0. The normalized spacial score (nSPS) is 13.5. The van der Waals surface area contributed by atoms with Crippen molar-refractivity contribution >= 4 is 11.3 Å². The number of hydrogen-bond acceptors (Lipinski definition) is 5. The predicted molar refractivity (Wildman–Crippen MR) is 68.7 cm³/mol. The minimum absolute atomic E-state index is 0.204. The SMILES string of the molecule is C[C@@H](c1nnc(-c2cccs2)o1)n1ccc(C(F)(F)F)n1. The van der Waals surface area contributed by atoms with Crippen molar-refractivity contribution in [3.63, 3.8) is 0 Å². The van der Waals surface area contributed by atoms with Gasteiger partial charge in [-0.05, 0) is 24.4 Å². The molecule has 3 heterocycles. The summed E-state index contributed by atoms with van der Waals surface area (Å²) in [5, 5.41) is 13.1. The van der Waals surface area contributed by atoms with Gasteiger partial charge in [-0.3, -0.25) is 4.68 Å². The van der Waals surface area contributed by atoms with Crippen LogP contribution in [0.3, 0.4) is 0 Å². The van der Waals surface area contributed by atoms with Gasteiger partial charge in [-0.25, -0.2) is 0 Å². The Kier molecular flexibility index (Phi) is 3.28. The molecule has 5 nitrogen and oxygen atoms in total. The van der Waals surface area contributed by atoms with E-state index in [1.54, 1.807) is 6.92 Å². The first-order chi connectivity index (χ1) is 9.95. The van der Waals surface area contributed by atoms with Crippen molar-refractivity contribution in [1.29, 1.82) is 0 Å². The number of alkyl halides is 3. The Balaban J connectivity index is 1.85. The third kappa shape index (κ3) is 2.68. The third-order valence-corrected chi connectivity index (χ3v) is 3.68. The maximum atomic E-state index is 12.5. The van der Waals surface area contributed by atoms with Crippen LogP contribution in [0, 0.1) is 0 Å². The summed E-state index contributed by atoms with van der Waals surface area (Å²) in [6.07, 6.45) is -3.23. The zero-order valence-corrected chi connectivity index (χ0v) is 11.5. The van der Waals surface area contributed by atoms with Crippen LogP contribution in [0.4, 0.5) is 13.2 Å². The van der Waals surface area contributed by atoms with Gasteiger partial charge in [0.1, 0.15) is 6.04 Å². The van der Waals surface area contributed by atoms with Crippen LogP contribution in [-0.2, 0) is 6.18 Å². The molecule has 0 unspecified atom stereocenters. The van der Waals surface area contributed by atoms with E-state index >= 15 is 0 Å². The van der Waals surface area contributed by atoms with Crippen LogP contribution >= 0.6 is 11.3 Å². The number of thiophene rings is 1. The fraction of sp³-hybridized carbons (Fsp3) is 0.250. The molecule has 0 aliphatic carbocycles. The van der Waals surface area contributed by atoms with Crippen LogP contribution in [0.1, 0.15) is 24.6 Å². The first kappa shape index (κ1) is 13.8. The van der Waals surface area contributed by atoms with Gasteiger partial charge < -0.3 is 4.42 Å². The molecule has 21 heavy (non-hydrogen) atoms. The van der Waals surface area contributed by atoms with Crippen molar-refractivity contribution in [2.45, 2.75) is 19.1 Å². The van der Waals surface area contributed by atoms with Crippen molar-refractivity contribution in [2.24, 2.45) is 0 Å². The molecule has 1 atom stereocenters. The molecule has 0 N–H and O–H groups in total. The zero-order valence-electron chi connectivity index (χ0n) is 10.7. The number of rotatable bonds is 3. The van der Waals surface area contributed by atoms with E-state index in [9.17, 15) is 13.2 Å². The summed E-state index contributed by atoms with van der Waals surface area (Å²) >= 11 is 1.44. The fourth-order valence-corrected chi connectivity index (χ4v) is 2.37. The second kappa shape index (κ2) is 4.99. The highest BCUT2D eigenvalue weighted by Gasteiger charge is 2.34. The Labute approximate surface area is 121 Å². The Hall–Kier alpha value is -2.16. The summed E-state index contributed by atoms with van der Waals surface area (Å²) in [6, 6.07) is 3.99. The monoisotopic (exact) mass is 314 g/mol. The summed E-state index contributed by atoms with van der Waals surface area (Å²) in [4.78, 5) is 0.803. The van der Waals surface area contributed by atoms with Crippen LogP contribution in [-0.4, -0.2) is 20.0 Å². The molecule has 3 aromatic heterocycles. The van der Waals surface area contributed by atoms with Crippen molar-refractivity contribution in [1.82, 2.24) is 20.0 Å². The van der Waals surface area contributed by atoms with Crippen LogP contribution in [0.5, 0.6) is 0 Å². The largest absolute Gasteiger partial charge is 0.435 e. The van der Waals surface area contributed by atoms with Crippen molar-refractivity contribution < 1.29 is 17.6 Å². The predicted octanol–water partition coefficient (Wildman–Crippen LogP) is 3.62. The van der Waals surface area contributed by atoms with Gasteiger partial charge in [0.2, 0.25) is 5.89 Å². The van der Waals surface area contributed by atoms with Crippen molar-refractivity contribution in [3.05, 3.63) is 41.4 Å². The molecule has 0 aliphatic rings. The molecule has 9 heteroatoms. The Morgan fingerprint density at radius 2 is 2.10 bits per heavy atom. The summed E-state index contributed by atoms with van der Waals surface area (Å²) in [5.74, 6) is 0.547. The van der Waals surface area contributed by atoms with Gasteiger partial charge in [0.05, 0.1) is 4.88 Å². The molecule has 110 valence electrons. The second-order valence-electron chi connectivity index (χ2n) is 4.28. The van der Waals surface area contributed by atoms with Crippen molar-refractivity contribution in [2.75, 3.05) is 0 Å². The van der Waals surface area contributed by atoms with E-state index in [4.69, 9.17) is 4.42 Å². The van der Waals surface area contributed by atoms with E-state index in [-0.39, 0.29) is 5.89 Å². The van der Waals surface area contributed by atoms with E-state index in [1.165, 1.54) is 17.5 Å². The first-order valence-electron chi connectivity index (χ1n) is 5.95. The maximum absolute atomic E-state index is 12.5. The van der Waals surface area contributed by atoms with E-state index in [0.717, 1.165) is 15.6 Å². The Bertz CT molecular complexity index is 732. The lowest BCUT2D eigenvalue weighted by molar-refractivity contribution is -0.141. The molecule has 0 radical (unpaired) electrons. The first-order valence-corrected chi connectivity index (χ1v) is 6.83. The van der Waals surface area contributed by atoms with Crippen LogP contribution in [0.25, 0.3) is 10.8 Å². The lowest BCUT2D eigenvalue weighted by atomic mass is 10.3. The van der Waals surface area contributed by atoms with Gasteiger partial charge in [-0.2, -0.15) is 18.3 Å². The maximum Gasteiger partial charge on any atom is 0.435 e. The molecular formula is C12H9F3N4OS. The van der Waals surface area contributed by atoms with E-state index < -0.39 is 17.9 Å². The minimum atomic E-state index is -4.47. The van der Waals surface area contributed by atoms with Gasteiger partial charge in [-0.15, -0.1) is 21.5 Å². The molecule has 3 rings (SSSR count). The summed E-state index contributed by atoms with van der Waals surface area (Å²) in [6.45, 7) is 1.64. The van der Waals surface area contributed by atoms with Crippen LogP contribution in [0.2, 0.25) is 0 Å². The van der Waals surface area contributed by atoms with Gasteiger partial charge in [0, 0.05) is 6.20 Å². The van der Waals surface area contributed by atoms with E-state index in [1.807, 2.05) is 17.5 Å². The number of halogens is 3. The number of aromatic nitrogens is 4. The quantitative estimate of drug-likeness (QED) is 0.741. The average molecular weight is 314 g/mol. The van der Waals surface area contributed by atoms with Crippen LogP contribution in [0.15, 0.2) is 34.2 Å². The van der Waals surface area contributed by atoms with Gasteiger partial charge >= 0.3 is 6.18 Å². The highest BCUT2D eigenvalue weighted by Crippen LogP contribution is 2.29. The average Bonchev–Trinajstić information content (AvgIpc) is 3.17. The molecule has 0 aliphatic heterocycles.